The molecular formula is C20H28O3. The van der Waals surface area contributed by atoms with Gasteiger partial charge in [-0.1, -0.05) is 42.9 Å². The van der Waals surface area contributed by atoms with E-state index in [9.17, 15) is 9.59 Å². The van der Waals surface area contributed by atoms with Crippen molar-refractivity contribution in [2.24, 2.45) is 16.7 Å². The Morgan fingerprint density at radius 3 is 2.83 bits per heavy atom. The zero-order valence-electron chi connectivity index (χ0n) is 14.8. The molecule has 1 fully saturated rings. The van der Waals surface area contributed by atoms with Gasteiger partial charge in [-0.2, -0.15) is 0 Å². The molecule has 1 saturated carbocycles. The normalized spacial score (nSPS) is 34.4. The van der Waals surface area contributed by atoms with Gasteiger partial charge in [0.1, 0.15) is 5.41 Å². The molecule has 2 aliphatic carbocycles. The maximum Gasteiger partial charge on any atom is 0.319 e. The Balaban J connectivity index is 2.57. The number of carbonyl (C=O) groups is 2. The summed E-state index contributed by atoms with van der Waals surface area (Å²) >= 11 is 0. The number of rotatable bonds is 4. The van der Waals surface area contributed by atoms with Crippen molar-refractivity contribution in [1.82, 2.24) is 0 Å². The summed E-state index contributed by atoms with van der Waals surface area (Å²) in [4.78, 5) is 25.7. The molecule has 0 saturated heterocycles. The first kappa shape index (κ1) is 17.7. The van der Waals surface area contributed by atoms with Crippen molar-refractivity contribution >= 4 is 11.8 Å². The Hall–Kier alpha value is -1.64. The van der Waals surface area contributed by atoms with Crippen LogP contribution >= 0.6 is 0 Å². The van der Waals surface area contributed by atoms with Crippen molar-refractivity contribution in [3.8, 4) is 0 Å². The van der Waals surface area contributed by atoms with E-state index in [1.807, 2.05) is 13.0 Å². The van der Waals surface area contributed by atoms with Gasteiger partial charge in [0, 0.05) is 6.42 Å². The van der Waals surface area contributed by atoms with E-state index in [2.05, 4.69) is 26.5 Å². The molecule has 0 aromatic carbocycles. The Labute approximate surface area is 139 Å². The van der Waals surface area contributed by atoms with E-state index in [1.54, 1.807) is 6.08 Å². The molecule has 0 aliphatic heterocycles. The number of carbonyl (C=O) groups excluding carboxylic acids is 2. The highest BCUT2D eigenvalue weighted by Crippen LogP contribution is 2.58. The van der Waals surface area contributed by atoms with Crippen LogP contribution in [0.5, 0.6) is 0 Å². The quantitative estimate of drug-likeness (QED) is 0.334. The van der Waals surface area contributed by atoms with E-state index in [0.717, 1.165) is 24.8 Å². The lowest BCUT2D eigenvalue weighted by atomic mass is 9.49. The lowest BCUT2D eigenvalue weighted by molar-refractivity contribution is -0.170. The molecule has 3 atom stereocenters. The van der Waals surface area contributed by atoms with Gasteiger partial charge in [0.05, 0.1) is 7.11 Å². The minimum absolute atomic E-state index is 0.00238. The first-order chi connectivity index (χ1) is 10.8. The molecule has 23 heavy (non-hydrogen) atoms. The highest BCUT2D eigenvalue weighted by Gasteiger charge is 2.61. The summed E-state index contributed by atoms with van der Waals surface area (Å²) in [6, 6.07) is 0. The van der Waals surface area contributed by atoms with Crippen molar-refractivity contribution in [1.29, 1.82) is 0 Å². The number of ketones is 1. The fraction of sp³-hybridized carbons (Fsp3) is 0.600. The van der Waals surface area contributed by atoms with Crippen LogP contribution in [-0.4, -0.2) is 18.9 Å². The predicted molar refractivity (Wildman–Crippen MR) is 91.8 cm³/mol. The fourth-order valence-electron chi connectivity index (χ4n) is 4.43. The molecule has 0 aromatic heterocycles. The van der Waals surface area contributed by atoms with E-state index < -0.39 is 5.41 Å². The van der Waals surface area contributed by atoms with E-state index in [-0.39, 0.29) is 23.1 Å². The third kappa shape index (κ3) is 2.71. The minimum Gasteiger partial charge on any atom is -0.468 e. The van der Waals surface area contributed by atoms with Gasteiger partial charge >= 0.3 is 5.97 Å². The Morgan fingerprint density at radius 1 is 1.52 bits per heavy atom. The van der Waals surface area contributed by atoms with Crippen molar-refractivity contribution in [3.63, 3.8) is 0 Å². The van der Waals surface area contributed by atoms with Crippen molar-refractivity contribution in [3.05, 3.63) is 36.0 Å². The number of Topliss-reactive ketones (excluding diaryl/α,β-unsaturated/α-hetero) is 1. The number of hydrogen-bond donors (Lipinski definition) is 0. The second-order valence-corrected chi connectivity index (χ2v) is 7.18. The average molecular weight is 316 g/mol. The molecule has 0 bridgehead atoms. The van der Waals surface area contributed by atoms with E-state index >= 15 is 0 Å². The minimum atomic E-state index is -1.05. The van der Waals surface area contributed by atoms with Gasteiger partial charge in [0.2, 0.25) is 0 Å². The summed E-state index contributed by atoms with van der Waals surface area (Å²) in [6.45, 7) is 10.0. The molecule has 0 unspecified atom stereocenters. The average Bonchev–Trinajstić information content (AvgIpc) is 2.55. The summed E-state index contributed by atoms with van der Waals surface area (Å²) in [6.07, 6.45) is 9.42. The summed E-state index contributed by atoms with van der Waals surface area (Å²) in [5, 5.41) is 0. The second kappa shape index (κ2) is 6.46. The van der Waals surface area contributed by atoms with Crippen molar-refractivity contribution in [2.75, 3.05) is 7.11 Å². The Morgan fingerprint density at radius 2 is 2.22 bits per heavy atom. The zero-order valence-corrected chi connectivity index (χ0v) is 14.8. The van der Waals surface area contributed by atoms with E-state index in [0.29, 0.717) is 12.8 Å². The molecule has 126 valence electrons. The fourth-order valence-corrected chi connectivity index (χ4v) is 4.43. The Kier molecular flexibility index (Phi) is 4.98. The summed E-state index contributed by atoms with van der Waals surface area (Å²) in [7, 11) is 1.39. The molecule has 0 amide bonds. The first-order valence-corrected chi connectivity index (χ1v) is 8.41. The molecule has 2 aliphatic rings. The standard InChI is InChI=1S/C20H28O3/c1-6-14(2)10-13-20(18(22)23-5)16-9-7-8-15(3)19(16,4)12-11-17(20)21/h6,8,10,16H,1,7,9,11-13H2,2-5H3/b14-10-/t16-,19-,20+/m0/s1. The molecule has 3 heteroatoms. The zero-order chi connectivity index (χ0) is 17.3. The topological polar surface area (TPSA) is 43.4 Å². The third-order valence-corrected chi connectivity index (χ3v) is 6.16. The smallest absolute Gasteiger partial charge is 0.319 e. The number of ether oxygens (including phenoxy) is 1. The molecule has 0 radical (unpaired) electrons. The predicted octanol–water partition coefficient (Wildman–Crippen LogP) is 4.39. The van der Waals surface area contributed by atoms with Crippen molar-refractivity contribution < 1.29 is 14.3 Å². The van der Waals surface area contributed by atoms with E-state index in [1.165, 1.54) is 12.7 Å². The van der Waals surface area contributed by atoms with Crippen LogP contribution in [0, 0.1) is 16.7 Å². The lowest BCUT2D eigenvalue weighted by Crippen LogP contribution is -2.56. The number of methoxy groups -OCH3 is 1. The van der Waals surface area contributed by atoms with Crippen LogP contribution in [0.25, 0.3) is 0 Å². The maximum atomic E-state index is 12.9. The molecule has 0 aromatic rings. The van der Waals surface area contributed by atoms with Gasteiger partial charge in [-0.25, -0.2) is 0 Å². The third-order valence-electron chi connectivity index (χ3n) is 6.16. The second-order valence-electron chi connectivity index (χ2n) is 7.18. The SMILES string of the molecule is C=C/C(C)=C\C[C@]1(C(=O)OC)C(=O)CC[C@@]2(C)C(C)=CCC[C@H]12. The molecule has 2 rings (SSSR count). The van der Waals surface area contributed by atoms with Crippen molar-refractivity contribution in [2.45, 2.75) is 52.9 Å². The van der Waals surface area contributed by atoms with Crippen LogP contribution in [0.4, 0.5) is 0 Å². The van der Waals surface area contributed by atoms with Crippen LogP contribution < -0.4 is 0 Å². The first-order valence-electron chi connectivity index (χ1n) is 8.41. The number of fused-ring (bicyclic) bond motifs is 1. The molecule has 0 spiro atoms. The van der Waals surface area contributed by atoms with Crippen LogP contribution in [0.2, 0.25) is 0 Å². The number of hydrogen-bond acceptors (Lipinski definition) is 3. The van der Waals surface area contributed by atoms with Gasteiger partial charge in [-0.3, -0.25) is 9.59 Å². The lowest BCUT2D eigenvalue weighted by Gasteiger charge is -2.53. The molecular weight excluding hydrogens is 288 g/mol. The van der Waals surface area contributed by atoms with E-state index in [4.69, 9.17) is 4.74 Å². The van der Waals surface area contributed by atoms with Gasteiger partial charge in [-0.05, 0) is 50.9 Å². The van der Waals surface area contributed by atoms with Crippen LogP contribution in [-0.2, 0) is 14.3 Å². The van der Waals surface area contributed by atoms with Crippen LogP contribution in [0.1, 0.15) is 52.9 Å². The maximum absolute atomic E-state index is 12.9. The summed E-state index contributed by atoms with van der Waals surface area (Å²) in [5.41, 5.74) is 1.13. The highest BCUT2D eigenvalue weighted by molar-refractivity contribution is 6.05. The largest absolute Gasteiger partial charge is 0.468 e. The summed E-state index contributed by atoms with van der Waals surface area (Å²) < 4.78 is 5.12. The summed E-state index contributed by atoms with van der Waals surface area (Å²) in [5.74, 6) is -0.335. The van der Waals surface area contributed by atoms with Gasteiger partial charge in [0.15, 0.2) is 5.78 Å². The van der Waals surface area contributed by atoms with Gasteiger partial charge in [-0.15, -0.1) is 0 Å². The Bertz CT molecular complexity index is 574. The monoisotopic (exact) mass is 316 g/mol. The number of esters is 1. The van der Waals surface area contributed by atoms with Gasteiger partial charge in [0.25, 0.3) is 0 Å². The molecule has 3 nitrogen and oxygen atoms in total. The number of allylic oxidation sites excluding steroid dienone is 5. The molecule has 0 N–H and O–H groups in total. The van der Waals surface area contributed by atoms with Crippen LogP contribution in [0.15, 0.2) is 36.0 Å². The van der Waals surface area contributed by atoms with Crippen LogP contribution in [0.3, 0.4) is 0 Å². The highest BCUT2D eigenvalue weighted by atomic mass is 16.5. The van der Waals surface area contributed by atoms with Gasteiger partial charge < -0.3 is 4.74 Å². The molecule has 0 heterocycles.